The van der Waals surface area contributed by atoms with E-state index in [1.54, 1.807) is 0 Å². The Balaban J connectivity index is 0.974. The minimum absolute atomic E-state index is 0.0327. The standard InChI is InChI=1S/C57H51N7O2/c1-2-3-30-53-58-52-36-35-47(56(43-19-8-4-9-20-43)39-48-27-18-37-63(48)66-56)38-51(52)55(65)62(53)40-41-31-33-42(34-32-41)49-28-16-17-29-50(49)54-59-60-61-64(54)57(44-21-10-5-11-22-44,45-23-12-6-13-24-45)46-25-14-7-15-26-46/h4-17,19-26,28-29,31-36,38,48H,2-3,18,27,30,37,39-40H2,1H3/t48-,56-/m1/s1. The van der Waals surface area contributed by atoms with Crippen LogP contribution in [-0.2, 0) is 28.9 Å². The normalized spacial score (nSPS) is 17.3. The Kier molecular flexibility index (Phi) is 11.0. The fourth-order valence-electron chi connectivity index (χ4n) is 10.5. The van der Waals surface area contributed by atoms with Crippen LogP contribution < -0.4 is 5.56 Å². The largest absolute Gasteiger partial charge is 0.292 e. The van der Waals surface area contributed by atoms with E-state index in [0.29, 0.717) is 30.2 Å². The number of hydrogen-bond acceptors (Lipinski definition) is 7. The number of unbranched alkanes of at least 4 members (excludes halogenated alkanes) is 1. The van der Waals surface area contributed by atoms with Gasteiger partial charge in [0, 0.05) is 31.0 Å². The zero-order chi connectivity index (χ0) is 44.5. The van der Waals surface area contributed by atoms with Crippen molar-refractivity contribution in [2.75, 3.05) is 6.54 Å². The molecular weight excluding hydrogens is 815 g/mol. The first kappa shape index (κ1) is 41.4. The van der Waals surface area contributed by atoms with Crippen LogP contribution in [0, 0.1) is 0 Å². The van der Waals surface area contributed by atoms with Crippen molar-refractivity contribution in [1.29, 1.82) is 0 Å². The van der Waals surface area contributed by atoms with Crippen molar-refractivity contribution in [3.05, 3.63) is 238 Å². The lowest BCUT2D eigenvalue weighted by atomic mass is 9.77. The number of rotatable bonds is 13. The van der Waals surface area contributed by atoms with Gasteiger partial charge in [-0.15, -0.1) is 5.10 Å². The third-order valence-electron chi connectivity index (χ3n) is 13.7. The quantitative estimate of drug-likeness (QED) is 0.107. The molecule has 9 aromatic rings. The summed E-state index contributed by atoms with van der Waals surface area (Å²) in [5.41, 5.74) is 8.24. The van der Waals surface area contributed by atoms with Gasteiger partial charge < -0.3 is 0 Å². The van der Waals surface area contributed by atoms with Crippen molar-refractivity contribution in [3.8, 4) is 22.5 Å². The van der Waals surface area contributed by atoms with Crippen LogP contribution >= 0.6 is 0 Å². The molecule has 2 aliphatic heterocycles. The molecule has 66 heavy (non-hydrogen) atoms. The highest BCUT2D eigenvalue weighted by Crippen LogP contribution is 2.48. The number of hydrogen-bond donors (Lipinski definition) is 0. The lowest BCUT2D eigenvalue weighted by molar-refractivity contribution is -0.183. The smallest absolute Gasteiger partial charge is 0.261 e. The third kappa shape index (κ3) is 7.16. The molecule has 2 saturated heterocycles. The second-order valence-electron chi connectivity index (χ2n) is 17.6. The monoisotopic (exact) mass is 865 g/mol. The van der Waals surface area contributed by atoms with Crippen molar-refractivity contribution in [2.45, 2.75) is 69.2 Å². The van der Waals surface area contributed by atoms with Gasteiger partial charge in [-0.05, 0) is 86.3 Å². The van der Waals surface area contributed by atoms with Gasteiger partial charge in [-0.3, -0.25) is 14.2 Å². The maximum absolute atomic E-state index is 14.9. The molecule has 2 fully saturated rings. The summed E-state index contributed by atoms with van der Waals surface area (Å²) in [4.78, 5) is 26.9. The highest BCUT2D eigenvalue weighted by atomic mass is 16.7. The molecule has 4 heterocycles. The molecule has 11 rings (SSSR count). The number of hydroxylamine groups is 2. The number of fused-ring (bicyclic) bond motifs is 2. The lowest BCUT2D eigenvalue weighted by Gasteiger charge is -2.36. The molecule has 7 aromatic carbocycles. The minimum atomic E-state index is -0.889. The van der Waals surface area contributed by atoms with Crippen LogP contribution in [0.15, 0.2) is 193 Å². The topological polar surface area (TPSA) is 91.0 Å². The van der Waals surface area contributed by atoms with E-state index in [1.807, 2.05) is 45.6 Å². The highest BCUT2D eigenvalue weighted by molar-refractivity contribution is 5.81. The zero-order valence-electron chi connectivity index (χ0n) is 37.1. The van der Waals surface area contributed by atoms with Crippen LogP contribution in [0.3, 0.4) is 0 Å². The lowest BCUT2D eigenvalue weighted by Crippen LogP contribution is -2.39. The number of aromatic nitrogens is 6. The molecule has 0 radical (unpaired) electrons. The summed E-state index contributed by atoms with van der Waals surface area (Å²) in [5.74, 6) is 1.44. The summed E-state index contributed by atoms with van der Waals surface area (Å²) in [6, 6.07) is 65.2. The molecule has 2 aliphatic rings. The summed E-state index contributed by atoms with van der Waals surface area (Å²) in [7, 11) is 0. The Morgan fingerprint density at radius 3 is 1.95 bits per heavy atom. The molecule has 9 nitrogen and oxygen atoms in total. The van der Waals surface area contributed by atoms with Crippen molar-refractivity contribution >= 4 is 10.9 Å². The maximum Gasteiger partial charge on any atom is 0.261 e. The molecular formula is C57H51N7O2. The fraction of sp³-hybridized carbons (Fsp3) is 0.211. The number of benzene rings is 7. The van der Waals surface area contributed by atoms with Gasteiger partial charge in [-0.2, -0.15) is 5.06 Å². The molecule has 2 aromatic heterocycles. The van der Waals surface area contributed by atoms with Crippen molar-refractivity contribution in [2.24, 2.45) is 0 Å². The predicted molar refractivity (Wildman–Crippen MR) is 260 cm³/mol. The van der Waals surface area contributed by atoms with Crippen LogP contribution in [-0.4, -0.2) is 47.4 Å². The van der Waals surface area contributed by atoms with Crippen molar-refractivity contribution < 1.29 is 4.84 Å². The molecule has 0 spiro atoms. The van der Waals surface area contributed by atoms with Gasteiger partial charge in [0.2, 0.25) is 0 Å². The minimum Gasteiger partial charge on any atom is -0.292 e. The number of tetrazole rings is 1. The SMILES string of the molecule is CCCCc1nc2ccc([C@]3(c4ccccc4)C[C@H]4CCCN4O3)cc2c(=O)n1Cc1ccc(-c2ccccc2-c2nnnn2C(c2ccccc2)(c2ccccc2)c2ccccc2)cc1. The first-order valence-electron chi connectivity index (χ1n) is 23.3. The van der Waals surface area contributed by atoms with Crippen LogP contribution in [0.2, 0.25) is 0 Å². The number of aryl methyl sites for hydroxylation is 1. The maximum atomic E-state index is 14.9. The van der Waals surface area contributed by atoms with E-state index in [4.69, 9.17) is 20.1 Å². The molecule has 326 valence electrons. The predicted octanol–water partition coefficient (Wildman–Crippen LogP) is 11.0. The van der Waals surface area contributed by atoms with Gasteiger partial charge in [0.15, 0.2) is 5.82 Å². The molecule has 0 bridgehead atoms. The summed E-state index contributed by atoms with van der Waals surface area (Å²) in [6.45, 7) is 3.49. The van der Waals surface area contributed by atoms with E-state index in [0.717, 1.165) is 100 Å². The highest BCUT2D eigenvalue weighted by Gasteiger charge is 2.50. The first-order chi connectivity index (χ1) is 32.6. The van der Waals surface area contributed by atoms with Gasteiger partial charge in [-0.1, -0.05) is 189 Å². The first-order valence-corrected chi connectivity index (χ1v) is 23.3. The van der Waals surface area contributed by atoms with Crippen molar-refractivity contribution in [1.82, 2.24) is 34.8 Å². The molecule has 0 saturated carbocycles. The zero-order valence-corrected chi connectivity index (χ0v) is 37.1. The van der Waals surface area contributed by atoms with Crippen LogP contribution in [0.1, 0.15) is 78.2 Å². The Morgan fingerprint density at radius 2 is 1.32 bits per heavy atom. The summed E-state index contributed by atoms with van der Waals surface area (Å²) in [6.07, 6.45) is 5.74. The Labute approximate surface area is 385 Å². The summed E-state index contributed by atoms with van der Waals surface area (Å²) < 4.78 is 3.87. The van der Waals surface area contributed by atoms with E-state index in [1.165, 1.54) is 0 Å². The van der Waals surface area contributed by atoms with Crippen LogP contribution in [0.5, 0.6) is 0 Å². The fourth-order valence-corrected chi connectivity index (χ4v) is 10.5. The van der Waals surface area contributed by atoms with E-state index < -0.39 is 11.1 Å². The molecule has 0 N–H and O–H groups in total. The van der Waals surface area contributed by atoms with E-state index in [9.17, 15) is 4.79 Å². The molecule has 0 aliphatic carbocycles. The van der Waals surface area contributed by atoms with Gasteiger partial charge in [-0.25, -0.2) is 9.67 Å². The van der Waals surface area contributed by atoms with Gasteiger partial charge in [0.25, 0.3) is 5.56 Å². The summed E-state index contributed by atoms with van der Waals surface area (Å²) >= 11 is 0. The van der Waals surface area contributed by atoms with E-state index in [-0.39, 0.29) is 5.56 Å². The Morgan fingerprint density at radius 1 is 0.697 bits per heavy atom. The molecule has 2 atom stereocenters. The van der Waals surface area contributed by atoms with Crippen molar-refractivity contribution in [3.63, 3.8) is 0 Å². The average Bonchev–Trinajstić information content (AvgIpc) is 4.14. The molecule has 0 amide bonds. The van der Waals surface area contributed by atoms with Gasteiger partial charge in [0.05, 0.1) is 17.4 Å². The number of nitrogens with zero attached hydrogens (tertiary/aromatic N) is 7. The van der Waals surface area contributed by atoms with Crippen LogP contribution in [0.4, 0.5) is 0 Å². The van der Waals surface area contributed by atoms with Gasteiger partial charge >= 0.3 is 0 Å². The van der Waals surface area contributed by atoms with E-state index >= 15 is 0 Å². The van der Waals surface area contributed by atoms with E-state index in [2.05, 4.69) is 169 Å². The molecule has 9 heteroatoms. The van der Waals surface area contributed by atoms with Gasteiger partial charge in [0.1, 0.15) is 17.0 Å². The second kappa shape index (κ2) is 17.6. The second-order valence-corrected chi connectivity index (χ2v) is 17.6. The Hall–Kier alpha value is -7.33. The summed E-state index contributed by atoms with van der Waals surface area (Å²) in [5, 5.41) is 16.7. The Bertz CT molecular complexity index is 3060. The van der Waals surface area contributed by atoms with Crippen LogP contribution in [0.25, 0.3) is 33.4 Å². The third-order valence-corrected chi connectivity index (χ3v) is 13.7. The average molecular weight is 866 g/mol. The molecule has 0 unspecified atom stereocenters.